The molecule has 39 heavy (non-hydrogen) atoms. The molecule has 1 atom stereocenters. The van der Waals surface area contributed by atoms with E-state index in [1.807, 2.05) is 26.8 Å². The summed E-state index contributed by atoms with van der Waals surface area (Å²) in [5.74, 6) is -1.10. The van der Waals surface area contributed by atoms with Crippen LogP contribution in [0.3, 0.4) is 0 Å². The van der Waals surface area contributed by atoms with Crippen molar-refractivity contribution in [2.75, 3.05) is 31.6 Å². The first-order valence-electron chi connectivity index (χ1n) is 13.1. The van der Waals surface area contributed by atoms with Crippen LogP contribution in [0.2, 0.25) is 0 Å². The van der Waals surface area contributed by atoms with E-state index in [9.17, 15) is 9.59 Å². The molecule has 0 aliphatic carbocycles. The smallest absolute Gasteiger partial charge is 0.410 e. The SMILES string of the molecule is CCOC(=O)C(Nc1ccc(C#N)cc1)c1cc(OCC)cc(OC2CCN(C(=O)OC(C)(C)C)CC2)c1F. The second-order valence-electron chi connectivity index (χ2n) is 10.1. The molecular weight excluding hydrogens is 505 g/mol. The molecule has 1 aliphatic rings. The molecule has 10 heteroatoms. The fourth-order valence-corrected chi connectivity index (χ4v) is 4.10. The first kappa shape index (κ1) is 29.6. The third-order valence-electron chi connectivity index (χ3n) is 5.90. The highest BCUT2D eigenvalue weighted by atomic mass is 19.1. The minimum Gasteiger partial charge on any atom is -0.494 e. The van der Waals surface area contributed by atoms with Gasteiger partial charge in [0.15, 0.2) is 17.6 Å². The van der Waals surface area contributed by atoms with Crippen LogP contribution in [0.25, 0.3) is 0 Å². The Bertz CT molecular complexity index is 1180. The third-order valence-corrected chi connectivity index (χ3v) is 5.90. The van der Waals surface area contributed by atoms with Gasteiger partial charge in [-0.05, 0) is 65.0 Å². The average Bonchev–Trinajstić information content (AvgIpc) is 2.89. The van der Waals surface area contributed by atoms with Crippen LogP contribution in [0.1, 0.15) is 64.6 Å². The summed E-state index contributed by atoms with van der Waals surface area (Å²) in [5, 5.41) is 12.1. The largest absolute Gasteiger partial charge is 0.494 e. The first-order chi connectivity index (χ1) is 18.5. The molecule has 0 radical (unpaired) electrons. The van der Waals surface area contributed by atoms with Gasteiger partial charge in [-0.15, -0.1) is 0 Å². The van der Waals surface area contributed by atoms with Crippen LogP contribution in [-0.4, -0.2) is 55.0 Å². The maximum atomic E-state index is 16.0. The summed E-state index contributed by atoms with van der Waals surface area (Å²) in [4.78, 5) is 27.0. The van der Waals surface area contributed by atoms with Crippen LogP contribution in [-0.2, 0) is 14.3 Å². The number of likely N-dealkylation sites (tertiary alicyclic amines) is 1. The molecule has 1 aliphatic heterocycles. The number of nitrogens with one attached hydrogen (secondary N) is 1. The van der Waals surface area contributed by atoms with Crippen molar-refractivity contribution in [2.45, 2.75) is 65.2 Å². The van der Waals surface area contributed by atoms with Crippen LogP contribution in [0.5, 0.6) is 11.5 Å². The lowest BCUT2D eigenvalue weighted by atomic mass is 10.0. The third kappa shape index (κ3) is 8.24. The van der Waals surface area contributed by atoms with Crippen molar-refractivity contribution >= 4 is 17.7 Å². The molecule has 0 aromatic heterocycles. The number of ether oxygens (including phenoxy) is 4. The maximum absolute atomic E-state index is 16.0. The van der Waals surface area contributed by atoms with Gasteiger partial charge in [0, 0.05) is 43.2 Å². The number of hydrogen-bond acceptors (Lipinski definition) is 8. The highest BCUT2D eigenvalue weighted by Crippen LogP contribution is 2.35. The number of carbonyl (C=O) groups excluding carboxylic acids is 2. The van der Waals surface area contributed by atoms with Gasteiger partial charge in [0.1, 0.15) is 17.5 Å². The van der Waals surface area contributed by atoms with E-state index in [1.54, 1.807) is 43.0 Å². The fraction of sp³-hybridized carbons (Fsp3) is 0.483. The molecule has 0 bridgehead atoms. The van der Waals surface area contributed by atoms with E-state index in [4.69, 9.17) is 24.2 Å². The molecule has 3 rings (SSSR count). The predicted molar refractivity (Wildman–Crippen MR) is 143 cm³/mol. The van der Waals surface area contributed by atoms with E-state index in [1.165, 1.54) is 12.1 Å². The van der Waals surface area contributed by atoms with E-state index >= 15 is 4.39 Å². The van der Waals surface area contributed by atoms with Gasteiger partial charge in [0.05, 0.1) is 24.8 Å². The topological polar surface area (TPSA) is 110 Å². The number of nitrogens with zero attached hydrogens (tertiary/aromatic N) is 2. The number of piperidine rings is 1. The maximum Gasteiger partial charge on any atom is 0.410 e. The van der Waals surface area contributed by atoms with Crippen molar-refractivity contribution in [2.24, 2.45) is 0 Å². The number of anilines is 1. The average molecular weight is 542 g/mol. The van der Waals surface area contributed by atoms with Crippen LogP contribution in [0.15, 0.2) is 36.4 Å². The zero-order chi connectivity index (χ0) is 28.6. The lowest BCUT2D eigenvalue weighted by Gasteiger charge is -2.33. The molecule has 0 spiro atoms. The van der Waals surface area contributed by atoms with E-state index in [0.717, 1.165) is 0 Å². The van der Waals surface area contributed by atoms with Crippen LogP contribution < -0.4 is 14.8 Å². The van der Waals surface area contributed by atoms with Crippen molar-refractivity contribution < 1.29 is 32.9 Å². The molecule has 2 aromatic rings. The zero-order valence-electron chi connectivity index (χ0n) is 23.1. The molecule has 1 heterocycles. The Kier molecular flexibility index (Phi) is 9.99. The van der Waals surface area contributed by atoms with E-state index in [-0.39, 0.29) is 30.1 Å². The Morgan fingerprint density at radius 3 is 2.36 bits per heavy atom. The first-order valence-corrected chi connectivity index (χ1v) is 13.1. The zero-order valence-corrected chi connectivity index (χ0v) is 23.1. The summed E-state index contributed by atoms with van der Waals surface area (Å²) in [7, 11) is 0. The van der Waals surface area contributed by atoms with Gasteiger partial charge in [-0.1, -0.05) is 0 Å². The molecule has 1 unspecified atom stereocenters. The second kappa shape index (κ2) is 13.2. The number of rotatable bonds is 9. The second-order valence-corrected chi connectivity index (χ2v) is 10.1. The van der Waals surface area contributed by atoms with Crippen LogP contribution in [0, 0.1) is 17.1 Å². The predicted octanol–water partition coefficient (Wildman–Crippen LogP) is 5.59. The monoisotopic (exact) mass is 541 g/mol. The standard InChI is InChI=1S/C29H36FN3O6/c1-6-36-22-16-23(26(27(34)37-7-2)32-20-10-8-19(18-31)9-11-20)25(30)24(17-22)38-21-12-14-33(15-13-21)28(35)39-29(3,4)5/h8-11,16-17,21,26,32H,6-7,12-15H2,1-5H3. The van der Waals surface area contributed by atoms with Gasteiger partial charge >= 0.3 is 12.1 Å². The van der Waals surface area contributed by atoms with Gasteiger partial charge in [-0.2, -0.15) is 5.26 Å². The highest BCUT2D eigenvalue weighted by Gasteiger charge is 2.31. The van der Waals surface area contributed by atoms with Gasteiger partial charge < -0.3 is 29.2 Å². The summed E-state index contributed by atoms with van der Waals surface area (Å²) >= 11 is 0. The fourth-order valence-electron chi connectivity index (χ4n) is 4.10. The quantitative estimate of drug-likeness (QED) is 0.409. The molecule has 2 aromatic carbocycles. The number of benzene rings is 2. The minimum atomic E-state index is -1.20. The number of halogens is 1. The summed E-state index contributed by atoms with van der Waals surface area (Å²) in [6.07, 6.45) is 0.226. The Morgan fingerprint density at radius 1 is 1.13 bits per heavy atom. The van der Waals surface area contributed by atoms with Crippen LogP contribution in [0.4, 0.5) is 14.9 Å². The van der Waals surface area contributed by atoms with Gasteiger partial charge in [0.25, 0.3) is 0 Å². The Hall–Kier alpha value is -4.00. The summed E-state index contributed by atoms with van der Waals surface area (Å²) in [5.41, 5.74) is 0.367. The number of amides is 1. The lowest BCUT2D eigenvalue weighted by molar-refractivity contribution is -0.144. The van der Waals surface area contributed by atoms with Gasteiger partial charge in [-0.25, -0.2) is 14.0 Å². The van der Waals surface area contributed by atoms with Gasteiger partial charge in [-0.3, -0.25) is 0 Å². The Balaban J connectivity index is 1.85. The Morgan fingerprint density at radius 2 is 1.79 bits per heavy atom. The highest BCUT2D eigenvalue weighted by molar-refractivity contribution is 5.81. The van der Waals surface area contributed by atoms with E-state index in [0.29, 0.717) is 49.5 Å². The molecule has 210 valence electrons. The van der Waals surface area contributed by atoms with Crippen LogP contribution >= 0.6 is 0 Å². The molecular formula is C29H36FN3O6. The number of esters is 1. The molecule has 1 fully saturated rings. The van der Waals surface area contributed by atoms with Gasteiger partial charge in [0.2, 0.25) is 0 Å². The summed E-state index contributed by atoms with van der Waals surface area (Å²) in [6, 6.07) is 10.2. The van der Waals surface area contributed by atoms with Crippen molar-refractivity contribution in [3.63, 3.8) is 0 Å². The number of hydrogen-bond donors (Lipinski definition) is 1. The van der Waals surface area contributed by atoms with Crippen molar-refractivity contribution in [1.82, 2.24) is 4.90 Å². The number of carbonyl (C=O) groups is 2. The Labute approximate surface area is 228 Å². The number of nitriles is 1. The molecule has 1 N–H and O–H groups in total. The molecule has 9 nitrogen and oxygen atoms in total. The summed E-state index contributed by atoms with van der Waals surface area (Å²) in [6.45, 7) is 10.2. The van der Waals surface area contributed by atoms with Crippen molar-refractivity contribution in [3.05, 3.63) is 53.3 Å². The molecule has 1 saturated heterocycles. The lowest BCUT2D eigenvalue weighted by Crippen LogP contribution is -2.44. The van der Waals surface area contributed by atoms with Crippen molar-refractivity contribution in [3.8, 4) is 17.6 Å². The summed E-state index contributed by atoms with van der Waals surface area (Å²) < 4.78 is 38.4. The molecule has 0 saturated carbocycles. The van der Waals surface area contributed by atoms with E-state index in [2.05, 4.69) is 5.32 Å². The van der Waals surface area contributed by atoms with Crippen molar-refractivity contribution in [1.29, 1.82) is 5.26 Å². The minimum absolute atomic E-state index is 0.00458. The normalized spacial score (nSPS) is 14.6. The molecule has 1 amide bonds. The van der Waals surface area contributed by atoms with E-state index < -0.39 is 23.4 Å².